The van der Waals surface area contributed by atoms with E-state index >= 15 is 0 Å². The Morgan fingerprint density at radius 2 is 1.85 bits per heavy atom. The molecule has 9 heteroatoms. The Kier molecular flexibility index (Phi) is 8.16. The molecule has 3 amide bonds. The third-order valence-electron chi connectivity index (χ3n) is 7.79. The van der Waals surface area contributed by atoms with Crippen LogP contribution in [-0.2, 0) is 20.1 Å². The maximum absolute atomic E-state index is 13.8. The van der Waals surface area contributed by atoms with E-state index < -0.39 is 0 Å². The van der Waals surface area contributed by atoms with Gasteiger partial charge in [0, 0.05) is 50.9 Å². The summed E-state index contributed by atoms with van der Waals surface area (Å²) in [5.74, 6) is 0.814. The van der Waals surface area contributed by atoms with Crippen LogP contribution in [0.1, 0.15) is 53.2 Å². The third-order valence-corrected chi connectivity index (χ3v) is 7.79. The molecule has 0 aliphatic carbocycles. The van der Waals surface area contributed by atoms with Crippen LogP contribution in [0.4, 0.5) is 22.0 Å². The molecule has 1 saturated heterocycles. The van der Waals surface area contributed by atoms with Crippen molar-refractivity contribution in [2.24, 2.45) is 7.05 Å². The quantitative estimate of drug-likeness (QED) is 0.435. The number of fused-ring (bicyclic) bond motifs is 2. The van der Waals surface area contributed by atoms with E-state index in [4.69, 9.17) is 0 Å². The lowest BCUT2D eigenvalue weighted by atomic mass is 10.0. The van der Waals surface area contributed by atoms with Crippen LogP contribution in [0.3, 0.4) is 0 Å². The van der Waals surface area contributed by atoms with Gasteiger partial charge in [-0.1, -0.05) is 38.0 Å². The van der Waals surface area contributed by atoms with E-state index in [0.717, 1.165) is 66.6 Å². The van der Waals surface area contributed by atoms with Crippen molar-refractivity contribution in [2.75, 3.05) is 42.9 Å². The second-order valence-electron chi connectivity index (χ2n) is 10.5. The molecule has 1 fully saturated rings. The van der Waals surface area contributed by atoms with E-state index in [1.807, 2.05) is 61.3 Å². The number of nitrogens with zero attached hydrogens (tertiary/aromatic N) is 5. The van der Waals surface area contributed by atoms with Gasteiger partial charge in [-0.25, -0.2) is 4.79 Å². The van der Waals surface area contributed by atoms with Gasteiger partial charge in [0.25, 0.3) is 5.91 Å². The van der Waals surface area contributed by atoms with E-state index in [9.17, 15) is 9.59 Å². The molecule has 206 valence electrons. The van der Waals surface area contributed by atoms with Crippen molar-refractivity contribution in [1.82, 2.24) is 24.9 Å². The molecule has 3 aromatic rings. The fourth-order valence-corrected chi connectivity index (χ4v) is 5.36. The minimum atomic E-state index is -0.0727. The number of aromatic nitrogens is 2. The summed E-state index contributed by atoms with van der Waals surface area (Å²) in [5, 5.41) is 10.9. The molecule has 0 bridgehead atoms. The van der Waals surface area contributed by atoms with Gasteiger partial charge in [-0.2, -0.15) is 5.10 Å². The Morgan fingerprint density at radius 3 is 2.62 bits per heavy atom. The van der Waals surface area contributed by atoms with Crippen molar-refractivity contribution in [3.8, 4) is 0 Å². The van der Waals surface area contributed by atoms with Crippen LogP contribution >= 0.6 is 0 Å². The normalized spacial score (nSPS) is 15.3. The maximum atomic E-state index is 13.8. The average molecular weight is 530 g/mol. The molecule has 2 N–H and O–H groups in total. The Labute approximate surface area is 230 Å². The van der Waals surface area contributed by atoms with Crippen LogP contribution in [-0.4, -0.2) is 64.2 Å². The van der Waals surface area contributed by atoms with Crippen molar-refractivity contribution in [2.45, 2.75) is 46.2 Å². The summed E-state index contributed by atoms with van der Waals surface area (Å²) in [4.78, 5) is 32.7. The number of urea groups is 1. The Morgan fingerprint density at radius 1 is 1.05 bits per heavy atom. The first-order chi connectivity index (χ1) is 18.9. The van der Waals surface area contributed by atoms with E-state index in [-0.39, 0.29) is 11.9 Å². The highest BCUT2D eigenvalue weighted by molar-refractivity contribution is 6.08. The van der Waals surface area contributed by atoms with Crippen LogP contribution in [0.2, 0.25) is 0 Å². The van der Waals surface area contributed by atoms with Crippen LogP contribution in [0, 0.1) is 6.92 Å². The van der Waals surface area contributed by atoms with E-state index in [0.29, 0.717) is 18.7 Å². The number of amides is 3. The summed E-state index contributed by atoms with van der Waals surface area (Å²) in [5.41, 5.74) is 5.25. The lowest BCUT2D eigenvalue weighted by Crippen LogP contribution is -2.51. The third kappa shape index (κ3) is 5.93. The molecule has 5 rings (SSSR count). The van der Waals surface area contributed by atoms with Gasteiger partial charge in [-0.15, -0.1) is 0 Å². The molecule has 3 heterocycles. The number of benzene rings is 2. The smallest absolute Gasteiger partial charge is 0.317 e. The molecule has 2 aromatic carbocycles. The predicted molar refractivity (Wildman–Crippen MR) is 154 cm³/mol. The molecular formula is C30H39N7O2. The number of hydrogen-bond donors (Lipinski definition) is 2. The summed E-state index contributed by atoms with van der Waals surface area (Å²) in [6.07, 6.45) is 5.52. The molecule has 1 aromatic heterocycles. The molecule has 0 unspecified atom stereocenters. The number of hydrogen-bond acceptors (Lipinski definition) is 5. The average Bonchev–Trinajstić information content (AvgIpc) is 3.19. The van der Waals surface area contributed by atoms with Gasteiger partial charge < -0.3 is 20.4 Å². The van der Waals surface area contributed by atoms with Gasteiger partial charge >= 0.3 is 6.03 Å². The van der Waals surface area contributed by atoms with Crippen molar-refractivity contribution >= 4 is 29.1 Å². The number of carbonyl (C=O) groups is 2. The second-order valence-corrected chi connectivity index (χ2v) is 10.5. The van der Waals surface area contributed by atoms with Gasteiger partial charge in [0.15, 0.2) is 0 Å². The van der Waals surface area contributed by atoms with Crippen molar-refractivity contribution in [3.63, 3.8) is 0 Å². The summed E-state index contributed by atoms with van der Waals surface area (Å²) in [6.45, 7) is 9.58. The first-order valence-corrected chi connectivity index (χ1v) is 14.0. The van der Waals surface area contributed by atoms with Crippen molar-refractivity contribution in [3.05, 3.63) is 70.9 Å². The highest BCUT2D eigenvalue weighted by Crippen LogP contribution is 2.36. The molecular weight excluding hydrogens is 490 g/mol. The van der Waals surface area contributed by atoms with Crippen molar-refractivity contribution < 1.29 is 9.59 Å². The topological polar surface area (TPSA) is 85.7 Å². The Hall–Kier alpha value is -3.85. The zero-order valence-corrected chi connectivity index (χ0v) is 23.2. The fraction of sp³-hybridized carbons (Fsp3) is 0.433. The van der Waals surface area contributed by atoms with Crippen LogP contribution in [0.15, 0.2) is 48.7 Å². The number of piperazine rings is 1. The molecule has 2 aliphatic heterocycles. The minimum absolute atomic E-state index is 0.0243. The highest BCUT2D eigenvalue weighted by atomic mass is 16.2. The number of anilines is 3. The largest absolute Gasteiger partial charge is 0.338 e. The van der Waals surface area contributed by atoms with Crippen LogP contribution in [0.5, 0.6) is 0 Å². The molecule has 0 radical (unpaired) electrons. The standard InChI is InChI=1S/C30H39N7O2/c1-4-5-8-13-35-14-16-36(17-15-35)30(39)31-19-24-12-11-23(18-22(24)2)29(38)37-21-25-20-32-34(3)28(25)33-26-9-6-7-10-27(26)37/h6-7,9-12,18,20,33H,4-5,8,13-17,19,21H2,1-3H3,(H,31,39). The Balaban J connectivity index is 1.22. The fourth-order valence-electron chi connectivity index (χ4n) is 5.36. The summed E-state index contributed by atoms with van der Waals surface area (Å²) in [7, 11) is 1.89. The first-order valence-electron chi connectivity index (χ1n) is 14.0. The molecule has 0 spiro atoms. The highest BCUT2D eigenvalue weighted by Gasteiger charge is 2.27. The number of para-hydroxylation sites is 2. The van der Waals surface area contributed by atoms with Gasteiger partial charge in [-0.05, 0) is 55.3 Å². The predicted octanol–water partition coefficient (Wildman–Crippen LogP) is 4.65. The molecule has 0 atom stereocenters. The molecule has 39 heavy (non-hydrogen) atoms. The summed E-state index contributed by atoms with van der Waals surface area (Å²) >= 11 is 0. The number of aryl methyl sites for hydroxylation is 2. The lowest BCUT2D eigenvalue weighted by Gasteiger charge is -2.34. The lowest BCUT2D eigenvalue weighted by molar-refractivity contribution is 0.0985. The SMILES string of the molecule is CCCCCN1CCN(C(=O)NCc2ccc(C(=O)N3Cc4cnn(C)c4Nc4ccccc43)cc2C)CC1. The van der Waals surface area contributed by atoms with Crippen LogP contribution in [0.25, 0.3) is 0 Å². The molecule has 0 saturated carbocycles. The van der Waals surface area contributed by atoms with Gasteiger partial charge in [0.05, 0.1) is 24.1 Å². The van der Waals surface area contributed by atoms with E-state index in [1.165, 1.54) is 19.3 Å². The minimum Gasteiger partial charge on any atom is -0.338 e. The zero-order chi connectivity index (χ0) is 27.4. The van der Waals surface area contributed by atoms with Gasteiger partial charge in [0.1, 0.15) is 5.82 Å². The van der Waals surface area contributed by atoms with Crippen molar-refractivity contribution in [1.29, 1.82) is 0 Å². The second kappa shape index (κ2) is 11.9. The first kappa shape index (κ1) is 26.7. The number of nitrogens with one attached hydrogen (secondary N) is 2. The van der Waals surface area contributed by atoms with E-state index in [1.54, 1.807) is 15.8 Å². The molecule has 2 aliphatic rings. The van der Waals surface area contributed by atoms with Crippen LogP contribution < -0.4 is 15.5 Å². The number of unbranched alkanes of at least 4 members (excludes halogenated alkanes) is 2. The molecule has 9 nitrogen and oxygen atoms in total. The van der Waals surface area contributed by atoms with E-state index in [2.05, 4.69) is 27.6 Å². The maximum Gasteiger partial charge on any atom is 0.317 e. The number of rotatable bonds is 7. The van der Waals surface area contributed by atoms with Gasteiger partial charge in [-0.3, -0.25) is 14.4 Å². The Bertz CT molecular complexity index is 1330. The monoisotopic (exact) mass is 529 g/mol. The summed E-state index contributed by atoms with van der Waals surface area (Å²) in [6, 6.07) is 13.5. The zero-order valence-electron chi connectivity index (χ0n) is 23.2. The van der Waals surface area contributed by atoms with Gasteiger partial charge in [0.2, 0.25) is 0 Å². The number of carbonyl (C=O) groups excluding carboxylic acids is 2. The summed E-state index contributed by atoms with van der Waals surface area (Å²) < 4.78 is 1.79.